The molecule has 3 nitrogen and oxygen atoms in total. The molecule has 0 fully saturated rings. The molecule has 3 rings (SSSR count). The number of carbonyl (C=O) groups excluding carboxylic acids is 1. The maximum absolute atomic E-state index is 14.0. The third kappa shape index (κ3) is 4.37. The number of halogens is 1. The molecule has 0 aliphatic rings. The molecule has 0 saturated carbocycles. The smallest absolute Gasteiger partial charge is 0.313 e. The van der Waals surface area contributed by atoms with Crippen LogP contribution in [0.1, 0.15) is 15.9 Å². The summed E-state index contributed by atoms with van der Waals surface area (Å²) in [6.45, 7) is 0. The Morgan fingerprint density at radius 3 is 2.50 bits per heavy atom. The lowest BCUT2D eigenvalue weighted by Crippen LogP contribution is -2.00. The van der Waals surface area contributed by atoms with Gasteiger partial charge in [-0.2, -0.15) is 0 Å². The van der Waals surface area contributed by atoms with Gasteiger partial charge < -0.3 is 5.11 Å². The first kappa shape index (κ1) is 17.9. The van der Waals surface area contributed by atoms with E-state index in [1.54, 1.807) is 6.08 Å². The van der Waals surface area contributed by atoms with Crippen LogP contribution in [-0.4, -0.2) is 22.6 Å². The minimum absolute atomic E-state index is 0.211. The summed E-state index contributed by atoms with van der Waals surface area (Å²) >= 11 is 0.883. The molecule has 0 aliphatic carbocycles. The predicted octanol–water partition coefficient (Wildman–Crippen LogP) is 5.05. The van der Waals surface area contributed by atoms with Gasteiger partial charge in [0.15, 0.2) is 5.78 Å². The number of thioether (sulfide) groups is 1. The number of allylic oxidation sites excluding steroid dienone is 1. The second kappa shape index (κ2) is 7.97. The lowest BCUT2D eigenvalue weighted by Gasteiger charge is -2.03. The van der Waals surface area contributed by atoms with E-state index >= 15 is 0 Å². The van der Waals surface area contributed by atoms with E-state index in [0.717, 1.165) is 34.2 Å². The van der Waals surface area contributed by atoms with Crippen LogP contribution < -0.4 is 0 Å². The van der Waals surface area contributed by atoms with Gasteiger partial charge in [0, 0.05) is 10.5 Å². The van der Waals surface area contributed by atoms with Crippen molar-refractivity contribution in [1.29, 1.82) is 0 Å². The second-order valence-electron chi connectivity index (χ2n) is 5.63. The summed E-state index contributed by atoms with van der Waals surface area (Å²) in [6.07, 6.45) is 3.10. The number of aliphatic carboxylic acids is 1. The lowest BCUT2D eigenvalue weighted by molar-refractivity contribution is -0.133. The average Bonchev–Trinajstić information content (AvgIpc) is 2.64. The Morgan fingerprint density at radius 1 is 1.00 bits per heavy atom. The third-order valence-electron chi connectivity index (χ3n) is 3.77. The van der Waals surface area contributed by atoms with Crippen molar-refractivity contribution in [2.24, 2.45) is 0 Å². The van der Waals surface area contributed by atoms with Gasteiger partial charge in [0.1, 0.15) is 5.82 Å². The van der Waals surface area contributed by atoms with E-state index in [0.29, 0.717) is 0 Å². The predicted molar refractivity (Wildman–Crippen MR) is 102 cm³/mol. The number of rotatable bonds is 6. The minimum Gasteiger partial charge on any atom is -0.481 e. The first-order valence-corrected chi connectivity index (χ1v) is 8.87. The number of fused-ring (bicyclic) bond motifs is 1. The van der Waals surface area contributed by atoms with Gasteiger partial charge in [0.25, 0.3) is 0 Å². The number of hydrogen-bond acceptors (Lipinski definition) is 3. The molecule has 0 amide bonds. The summed E-state index contributed by atoms with van der Waals surface area (Å²) in [4.78, 5) is 23.0. The summed E-state index contributed by atoms with van der Waals surface area (Å²) in [5, 5.41) is 10.8. The normalized spacial score (nSPS) is 11.1. The molecule has 3 aromatic carbocycles. The van der Waals surface area contributed by atoms with Crippen molar-refractivity contribution in [3.63, 3.8) is 0 Å². The van der Waals surface area contributed by atoms with Crippen molar-refractivity contribution in [3.05, 3.63) is 83.7 Å². The van der Waals surface area contributed by atoms with Crippen LogP contribution in [-0.2, 0) is 4.79 Å². The van der Waals surface area contributed by atoms with Crippen LogP contribution in [0.2, 0.25) is 0 Å². The van der Waals surface area contributed by atoms with Crippen molar-refractivity contribution in [2.75, 3.05) is 5.75 Å². The topological polar surface area (TPSA) is 54.4 Å². The quantitative estimate of drug-likeness (QED) is 0.377. The van der Waals surface area contributed by atoms with E-state index in [9.17, 15) is 14.0 Å². The summed E-state index contributed by atoms with van der Waals surface area (Å²) in [5.74, 6) is -2.16. The van der Waals surface area contributed by atoms with Crippen molar-refractivity contribution in [3.8, 4) is 0 Å². The van der Waals surface area contributed by atoms with E-state index in [2.05, 4.69) is 0 Å². The first-order valence-electron chi connectivity index (χ1n) is 7.88. The van der Waals surface area contributed by atoms with E-state index in [4.69, 9.17) is 5.11 Å². The minimum atomic E-state index is -1.02. The van der Waals surface area contributed by atoms with Crippen LogP contribution in [0.3, 0.4) is 0 Å². The lowest BCUT2D eigenvalue weighted by atomic mass is 10.1. The Balaban J connectivity index is 1.75. The molecule has 0 saturated heterocycles. The van der Waals surface area contributed by atoms with Gasteiger partial charge in [-0.15, -0.1) is 11.8 Å². The number of carboxylic acids is 1. The standard InChI is InChI=1S/C21H15FO3S/c22-18-12-17(8-10-20(18)26-13-21(24)25)19(23)9-6-14-5-7-15-3-1-2-4-16(15)11-14/h1-12H,13H2,(H,24,25)/b9-6+. The highest BCUT2D eigenvalue weighted by Gasteiger charge is 2.09. The van der Waals surface area contributed by atoms with Gasteiger partial charge in [0.05, 0.1) is 5.75 Å². The molecule has 0 aliphatic heterocycles. The zero-order valence-electron chi connectivity index (χ0n) is 13.7. The van der Waals surface area contributed by atoms with Crippen LogP contribution in [0.25, 0.3) is 16.8 Å². The molecule has 1 N–H and O–H groups in total. The molecule has 0 atom stereocenters. The fraction of sp³-hybridized carbons (Fsp3) is 0.0476. The van der Waals surface area contributed by atoms with E-state index in [-0.39, 0.29) is 22.0 Å². The Bertz CT molecular complexity index is 1010. The van der Waals surface area contributed by atoms with Gasteiger partial charge in [-0.3, -0.25) is 9.59 Å². The largest absolute Gasteiger partial charge is 0.481 e. The van der Waals surface area contributed by atoms with E-state index in [1.807, 2.05) is 42.5 Å². The molecule has 0 heterocycles. The number of carbonyl (C=O) groups is 2. The Morgan fingerprint density at radius 2 is 1.77 bits per heavy atom. The zero-order valence-corrected chi connectivity index (χ0v) is 14.5. The Kier molecular flexibility index (Phi) is 5.49. The summed E-state index contributed by atoms with van der Waals surface area (Å²) in [7, 11) is 0. The summed E-state index contributed by atoms with van der Waals surface area (Å²) < 4.78 is 14.0. The molecular weight excluding hydrogens is 351 g/mol. The average molecular weight is 366 g/mol. The molecule has 0 unspecified atom stereocenters. The van der Waals surface area contributed by atoms with Crippen molar-refractivity contribution in [1.82, 2.24) is 0 Å². The number of hydrogen-bond donors (Lipinski definition) is 1. The molecule has 0 radical (unpaired) electrons. The molecule has 0 aromatic heterocycles. The fourth-order valence-corrected chi connectivity index (χ4v) is 3.13. The highest BCUT2D eigenvalue weighted by atomic mass is 32.2. The highest BCUT2D eigenvalue weighted by Crippen LogP contribution is 2.23. The van der Waals surface area contributed by atoms with Gasteiger partial charge in [0.2, 0.25) is 0 Å². The number of ketones is 1. The van der Waals surface area contributed by atoms with Crippen LogP contribution in [0.5, 0.6) is 0 Å². The maximum Gasteiger partial charge on any atom is 0.313 e. The number of benzene rings is 3. The van der Waals surface area contributed by atoms with Gasteiger partial charge in [-0.05, 0) is 46.7 Å². The molecule has 5 heteroatoms. The van der Waals surface area contributed by atoms with Gasteiger partial charge >= 0.3 is 5.97 Å². The fourth-order valence-electron chi connectivity index (χ4n) is 2.49. The van der Waals surface area contributed by atoms with Crippen molar-refractivity contribution in [2.45, 2.75) is 4.90 Å². The van der Waals surface area contributed by atoms with Crippen LogP contribution in [0.15, 0.2) is 71.6 Å². The molecular formula is C21H15FO3S. The van der Waals surface area contributed by atoms with Gasteiger partial charge in [-0.25, -0.2) is 4.39 Å². The Hall–Kier alpha value is -2.92. The maximum atomic E-state index is 14.0. The van der Waals surface area contributed by atoms with Crippen LogP contribution >= 0.6 is 11.8 Å². The molecule has 26 heavy (non-hydrogen) atoms. The summed E-state index contributed by atoms with van der Waals surface area (Å²) in [6, 6.07) is 17.9. The van der Waals surface area contributed by atoms with Crippen molar-refractivity contribution >= 4 is 40.4 Å². The van der Waals surface area contributed by atoms with Crippen LogP contribution in [0.4, 0.5) is 4.39 Å². The summed E-state index contributed by atoms with van der Waals surface area (Å²) in [5.41, 5.74) is 1.10. The molecule has 0 bridgehead atoms. The highest BCUT2D eigenvalue weighted by molar-refractivity contribution is 8.00. The molecule has 3 aromatic rings. The molecule has 0 spiro atoms. The first-order chi connectivity index (χ1) is 12.5. The van der Waals surface area contributed by atoms with Crippen LogP contribution in [0, 0.1) is 5.82 Å². The number of carboxylic acid groups (broad SMARTS) is 1. The molecule has 130 valence electrons. The van der Waals surface area contributed by atoms with Crippen molar-refractivity contribution < 1.29 is 19.1 Å². The SMILES string of the molecule is O=C(O)CSc1ccc(C(=O)/C=C/c2ccc3ccccc3c2)cc1F. The third-order valence-corrected chi connectivity index (χ3v) is 4.80. The second-order valence-corrected chi connectivity index (χ2v) is 6.65. The monoisotopic (exact) mass is 366 g/mol. The van der Waals surface area contributed by atoms with Gasteiger partial charge in [-0.1, -0.05) is 42.5 Å². The Labute approximate surface area is 154 Å². The zero-order chi connectivity index (χ0) is 18.5. The van der Waals surface area contributed by atoms with E-state index < -0.39 is 11.8 Å². The van der Waals surface area contributed by atoms with E-state index in [1.165, 1.54) is 18.2 Å².